The summed E-state index contributed by atoms with van der Waals surface area (Å²) in [6.45, 7) is 5.90. The summed E-state index contributed by atoms with van der Waals surface area (Å²) in [5.74, 6) is 1.05. The van der Waals surface area contributed by atoms with Crippen LogP contribution in [0.5, 0.6) is 5.75 Å². The van der Waals surface area contributed by atoms with Gasteiger partial charge in [-0.15, -0.1) is 10.2 Å². The highest BCUT2D eigenvalue weighted by Gasteiger charge is 2.18. The van der Waals surface area contributed by atoms with Crippen LogP contribution < -0.4 is 10.1 Å². The second-order valence-electron chi connectivity index (χ2n) is 5.56. The van der Waals surface area contributed by atoms with E-state index in [0.717, 1.165) is 11.3 Å². The summed E-state index contributed by atoms with van der Waals surface area (Å²) in [5.41, 5.74) is 0.898. The number of carbonyl (C=O) groups excluding carboxylic acids is 2. The van der Waals surface area contributed by atoms with Gasteiger partial charge in [-0.3, -0.25) is 14.7 Å². The van der Waals surface area contributed by atoms with Crippen LogP contribution in [0.4, 0.5) is 4.79 Å². The Morgan fingerprint density at radius 2 is 1.92 bits per heavy atom. The van der Waals surface area contributed by atoms with Gasteiger partial charge in [0.05, 0.1) is 19.5 Å². The zero-order chi connectivity index (χ0) is 19.1. The van der Waals surface area contributed by atoms with Gasteiger partial charge in [0.1, 0.15) is 5.75 Å². The number of carbonyl (C=O) groups is 2. The van der Waals surface area contributed by atoms with Crippen LogP contribution in [-0.2, 0) is 9.53 Å². The molecule has 9 heteroatoms. The van der Waals surface area contributed by atoms with Crippen molar-refractivity contribution in [1.82, 2.24) is 20.1 Å². The van der Waals surface area contributed by atoms with Gasteiger partial charge in [0.2, 0.25) is 5.91 Å². The van der Waals surface area contributed by atoms with Crippen molar-refractivity contribution in [1.29, 1.82) is 0 Å². The molecule has 1 aromatic carbocycles. The van der Waals surface area contributed by atoms with Gasteiger partial charge in [-0.25, -0.2) is 4.79 Å². The summed E-state index contributed by atoms with van der Waals surface area (Å²) in [7, 11) is 1.61. The Bertz CT molecular complexity index is 759. The Morgan fingerprint density at radius 3 is 2.50 bits per heavy atom. The summed E-state index contributed by atoms with van der Waals surface area (Å²) in [6.07, 6.45) is -0.748. The van der Waals surface area contributed by atoms with Gasteiger partial charge in [0.25, 0.3) is 0 Å². The molecule has 0 aliphatic heterocycles. The number of nitrogens with zero attached hydrogens (tertiary/aromatic N) is 3. The highest BCUT2D eigenvalue weighted by Crippen LogP contribution is 2.28. The molecule has 0 aliphatic rings. The molecule has 0 radical (unpaired) electrons. The fourth-order valence-corrected chi connectivity index (χ4v) is 3.09. The van der Waals surface area contributed by atoms with E-state index in [1.165, 1.54) is 11.8 Å². The molecule has 0 aliphatic carbocycles. The summed E-state index contributed by atoms with van der Waals surface area (Å²) < 4.78 is 11.8. The number of amides is 2. The van der Waals surface area contributed by atoms with Gasteiger partial charge in [0, 0.05) is 11.6 Å². The molecule has 140 valence electrons. The van der Waals surface area contributed by atoms with E-state index >= 15 is 0 Å². The first-order chi connectivity index (χ1) is 12.5. The van der Waals surface area contributed by atoms with Gasteiger partial charge < -0.3 is 9.47 Å². The molecule has 0 unspecified atom stereocenters. The van der Waals surface area contributed by atoms with E-state index in [1.54, 1.807) is 14.0 Å². The molecule has 1 heterocycles. The minimum Gasteiger partial charge on any atom is -0.497 e. The van der Waals surface area contributed by atoms with Crippen molar-refractivity contribution >= 4 is 23.8 Å². The normalized spacial score (nSPS) is 10.7. The van der Waals surface area contributed by atoms with E-state index in [4.69, 9.17) is 4.74 Å². The minimum atomic E-state index is -0.748. The summed E-state index contributed by atoms with van der Waals surface area (Å²) in [6, 6.07) is 7.62. The van der Waals surface area contributed by atoms with Crippen LogP contribution in [0.2, 0.25) is 0 Å². The van der Waals surface area contributed by atoms with Crippen LogP contribution in [0, 0.1) is 0 Å². The number of alkyl carbamates (subject to hydrolysis) is 1. The third-order valence-electron chi connectivity index (χ3n) is 3.38. The molecule has 0 atom stereocenters. The van der Waals surface area contributed by atoms with Crippen molar-refractivity contribution in [2.24, 2.45) is 0 Å². The molecule has 0 saturated heterocycles. The largest absolute Gasteiger partial charge is 0.497 e. The van der Waals surface area contributed by atoms with Crippen LogP contribution in [0.25, 0.3) is 11.4 Å². The van der Waals surface area contributed by atoms with Gasteiger partial charge in [-0.05, 0) is 45.0 Å². The topological polar surface area (TPSA) is 95.3 Å². The Balaban J connectivity index is 2.13. The molecule has 0 spiro atoms. The second-order valence-corrected chi connectivity index (χ2v) is 6.50. The van der Waals surface area contributed by atoms with Gasteiger partial charge in [-0.2, -0.15) is 0 Å². The predicted octanol–water partition coefficient (Wildman–Crippen LogP) is 2.90. The van der Waals surface area contributed by atoms with E-state index in [9.17, 15) is 9.59 Å². The predicted molar refractivity (Wildman–Crippen MR) is 98.3 cm³/mol. The fourth-order valence-electron chi connectivity index (χ4n) is 2.23. The summed E-state index contributed by atoms with van der Waals surface area (Å²) >= 11 is 1.21. The van der Waals surface area contributed by atoms with Gasteiger partial charge >= 0.3 is 6.09 Å². The van der Waals surface area contributed by atoms with Crippen molar-refractivity contribution in [3.63, 3.8) is 0 Å². The first kappa shape index (κ1) is 19.8. The number of aromatic nitrogens is 3. The van der Waals surface area contributed by atoms with Crippen molar-refractivity contribution < 1.29 is 19.1 Å². The van der Waals surface area contributed by atoms with Crippen LogP contribution in [0.15, 0.2) is 29.4 Å². The summed E-state index contributed by atoms with van der Waals surface area (Å²) in [5, 5.41) is 11.2. The minimum absolute atomic E-state index is 0.0340. The van der Waals surface area contributed by atoms with Crippen LogP contribution >= 0.6 is 11.8 Å². The number of nitrogens with one attached hydrogen (secondary N) is 1. The lowest BCUT2D eigenvalue weighted by molar-refractivity contribution is -0.117. The number of benzene rings is 1. The lowest BCUT2D eigenvalue weighted by Gasteiger charge is -2.14. The number of imide groups is 1. The zero-order valence-electron chi connectivity index (χ0n) is 15.2. The Labute approximate surface area is 156 Å². The molecule has 0 saturated carbocycles. The van der Waals surface area contributed by atoms with E-state index in [-0.39, 0.29) is 18.4 Å². The smallest absolute Gasteiger partial charge is 0.413 e. The van der Waals surface area contributed by atoms with Crippen LogP contribution in [-0.4, -0.2) is 46.2 Å². The molecule has 2 amide bonds. The maximum Gasteiger partial charge on any atom is 0.413 e. The molecule has 2 rings (SSSR count). The number of ether oxygens (including phenoxy) is 2. The van der Waals surface area contributed by atoms with Crippen molar-refractivity contribution in [2.45, 2.75) is 32.0 Å². The molecule has 1 aromatic heterocycles. The average Bonchev–Trinajstić information content (AvgIpc) is 3.04. The quantitative estimate of drug-likeness (QED) is 0.740. The molecule has 8 nitrogen and oxygen atoms in total. The zero-order valence-corrected chi connectivity index (χ0v) is 16.0. The molecular formula is C17H22N4O4S. The standard InChI is InChI=1S/C17H22N4O4S/c1-5-25-17(23)18-14(22)10-26-16-20-19-15(21(16)11(2)3)12-6-8-13(24-4)9-7-12/h6-9,11H,5,10H2,1-4H3,(H,18,22,23). The van der Waals surface area contributed by atoms with E-state index in [1.807, 2.05) is 42.7 Å². The average molecular weight is 378 g/mol. The number of hydrogen-bond acceptors (Lipinski definition) is 7. The fraction of sp³-hybridized carbons (Fsp3) is 0.412. The van der Waals surface area contributed by atoms with Gasteiger partial charge in [0.15, 0.2) is 11.0 Å². The molecule has 0 fully saturated rings. The molecule has 2 aromatic rings. The van der Waals surface area contributed by atoms with Crippen LogP contribution in [0.1, 0.15) is 26.8 Å². The Kier molecular flexibility index (Phi) is 7.02. The van der Waals surface area contributed by atoms with Crippen molar-refractivity contribution in [3.05, 3.63) is 24.3 Å². The SMILES string of the molecule is CCOC(=O)NC(=O)CSc1nnc(-c2ccc(OC)cc2)n1C(C)C. The third-order valence-corrected chi connectivity index (χ3v) is 4.32. The molecule has 26 heavy (non-hydrogen) atoms. The van der Waals surface area contributed by atoms with Crippen LogP contribution in [0.3, 0.4) is 0 Å². The Hall–Kier alpha value is -2.55. The lowest BCUT2D eigenvalue weighted by atomic mass is 10.2. The van der Waals surface area contributed by atoms with E-state index < -0.39 is 12.0 Å². The lowest BCUT2D eigenvalue weighted by Crippen LogP contribution is -2.32. The monoisotopic (exact) mass is 378 g/mol. The van der Waals surface area contributed by atoms with E-state index in [0.29, 0.717) is 11.0 Å². The third kappa shape index (κ3) is 4.98. The maximum absolute atomic E-state index is 11.8. The number of methoxy groups -OCH3 is 1. The van der Waals surface area contributed by atoms with Crippen molar-refractivity contribution in [2.75, 3.05) is 19.5 Å². The number of rotatable bonds is 7. The Morgan fingerprint density at radius 1 is 1.23 bits per heavy atom. The first-order valence-electron chi connectivity index (χ1n) is 8.15. The highest BCUT2D eigenvalue weighted by molar-refractivity contribution is 7.99. The molecule has 0 bridgehead atoms. The maximum atomic E-state index is 11.8. The number of hydrogen-bond donors (Lipinski definition) is 1. The van der Waals surface area contributed by atoms with E-state index in [2.05, 4.69) is 20.3 Å². The first-order valence-corrected chi connectivity index (χ1v) is 9.13. The summed E-state index contributed by atoms with van der Waals surface area (Å²) in [4.78, 5) is 23.1. The molecular weight excluding hydrogens is 356 g/mol. The number of thioether (sulfide) groups is 1. The highest BCUT2D eigenvalue weighted by atomic mass is 32.2. The second kappa shape index (κ2) is 9.23. The van der Waals surface area contributed by atoms with Gasteiger partial charge in [-0.1, -0.05) is 11.8 Å². The molecule has 1 N–H and O–H groups in total. The van der Waals surface area contributed by atoms with Crippen molar-refractivity contribution in [3.8, 4) is 17.1 Å².